The van der Waals surface area contributed by atoms with Crippen LogP contribution < -0.4 is 4.90 Å². The highest BCUT2D eigenvalue weighted by Crippen LogP contribution is 2.21. The molecule has 0 aliphatic carbocycles. The summed E-state index contributed by atoms with van der Waals surface area (Å²) in [6.45, 7) is 0.759. The van der Waals surface area contributed by atoms with Crippen molar-refractivity contribution in [3.8, 4) is 0 Å². The lowest BCUT2D eigenvalue weighted by Crippen LogP contribution is -2.25. The molecule has 70 valence electrons. The first-order chi connectivity index (χ1) is 6.92. The van der Waals surface area contributed by atoms with E-state index in [1.165, 1.54) is 0 Å². The van der Waals surface area contributed by atoms with Crippen molar-refractivity contribution in [2.75, 3.05) is 11.4 Å². The van der Waals surface area contributed by atoms with E-state index in [0.29, 0.717) is 12.1 Å². The monoisotopic (exact) mass is 185 g/mol. The van der Waals surface area contributed by atoms with Crippen molar-refractivity contribution >= 4 is 11.6 Å². The molecule has 1 aliphatic rings. The molecule has 0 amide bonds. The number of allylic oxidation sites excluding steroid dienone is 1. The summed E-state index contributed by atoms with van der Waals surface area (Å²) in [4.78, 5) is 12.7. The number of benzene rings is 1. The quantitative estimate of drug-likeness (QED) is 0.493. The summed E-state index contributed by atoms with van der Waals surface area (Å²) in [6, 6.07) is 9.90. The molecule has 0 saturated carbocycles. The normalized spacial score (nSPS) is 15.4. The molecular weight excluding hydrogens is 174 g/mol. The second kappa shape index (κ2) is 3.95. The third-order valence-corrected chi connectivity index (χ3v) is 2.28. The van der Waals surface area contributed by atoms with E-state index in [0.717, 1.165) is 12.2 Å². The zero-order chi connectivity index (χ0) is 9.80. The van der Waals surface area contributed by atoms with Gasteiger partial charge in [0.2, 0.25) is 0 Å². The summed E-state index contributed by atoms with van der Waals surface area (Å²) in [5.41, 5.74) is 1.76. The molecule has 0 saturated heterocycles. The Morgan fingerprint density at radius 2 is 1.93 bits per heavy atom. The van der Waals surface area contributed by atoms with Crippen molar-refractivity contribution < 1.29 is 4.79 Å². The second-order valence-electron chi connectivity index (χ2n) is 3.17. The maximum Gasteiger partial charge on any atom is 0.146 e. The van der Waals surface area contributed by atoms with E-state index in [1.54, 1.807) is 0 Å². The first-order valence-electron chi connectivity index (χ1n) is 4.63. The lowest BCUT2D eigenvalue weighted by molar-refractivity contribution is 0.565. The van der Waals surface area contributed by atoms with Gasteiger partial charge in [-0.15, -0.1) is 0 Å². The van der Waals surface area contributed by atoms with Gasteiger partial charge in [0, 0.05) is 18.7 Å². The molecule has 1 aromatic rings. The van der Waals surface area contributed by atoms with Crippen LogP contribution in [0.2, 0.25) is 0 Å². The molecule has 0 N–H and O–H groups in total. The lowest BCUT2D eigenvalue weighted by atomic mass is 10.1. The van der Waals surface area contributed by atoms with Gasteiger partial charge in [-0.2, -0.15) is 0 Å². The van der Waals surface area contributed by atoms with Crippen LogP contribution in [-0.4, -0.2) is 12.5 Å². The fourth-order valence-corrected chi connectivity index (χ4v) is 1.56. The third-order valence-electron chi connectivity index (χ3n) is 2.28. The fraction of sp³-hybridized carbons (Fsp3) is 0.167. The minimum Gasteiger partial charge on any atom is -0.332 e. The number of nitrogens with zero attached hydrogens (tertiary/aromatic N) is 1. The van der Waals surface area contributed by atoms with Crippen LogP contribution >= 0.6 is 0 Å². The minimum absolute atomic E-state index is 0.679. The van der Waals surface area contributed by atoms with E-state index in [1.807, 2.05) is 47.2 Å². The van der Waals surface area contributed by atoms with Crippen molar-refractivity contribution in [1.29, 1.82) is 0 Å². The fourth-order valence-electron chi connectivity index (χ4n) is 1.56. The highest BCUT2D eigenvalue weighted by atomic mass is 16.1. The Balaban J connectivity index is 2.34. The smallest absolute Gasteiger partial charge is 0.146 e. The number of carbonyl (C=O) groups excluding carboxylic acids is 1. The van der Waals surface area contributed by atoms with Crippen LogP contribution in [0.4, 0.5) is 5.69 Å². The Bertz CT molecular complexity index is 388. The Morgan fingerprint density at radius 1 is 1.14 bits per heavy atom. The molecule has 0 radical (unpaired) electrons. The molecule has 0 atom stereocenters. The maximum absolute atomic E-state index is 10.7. The third kappa shape index (κ3) is 1.61. The largest absolute Gasteiger partial charge is 0.332 e. The van der Waals surface area contributed by atoms with E-state index >= 15 is 0 Å². The first-order valence-corrected chi connectivity index (χ1v) is 4.63. The van der Waals surface area contributed by atoms with E-state index in [-0.39, 0.29) is 0 Å². The average Bonchev–Trinajstić information content (AvgIpc) is 2.30. The predicted molar refractivity (Wildman–Crippen MR) is 56.8 cm³/mol. The summed E-state index contributed by atoms with van der Waals surface area (Å²) in [7, 11) is 0. The van der Waals surface area contributed by atoms with Gasteiger partial charge in [0.25, 0.3) is 0 Å². The minimum atomic E-state index is 0.679. The molecule has 2 rings (SSSR count). The summed E-state index contributed by atoms with van der Waals surface area (Å²) in [6.07, 6.45) is 4.74. The molecule has 2 heteroatoms. The number of para-hydroxylation sites is 1. The molecule has 1 aromatic carbocycles. The topological polar surface area (TPSA) is 20.3 Å². The van der Waals surface area contributed by atoms with Crippen LogP contribution in [0.15, 0.2) is 48.2 Å². The SMILES string of the molecule is O=C=C1CC=CCN1c1ccccc1. The average molecular weight is 185 g/mol. The number of hydrogen-bond acceptors (Lipinski definition) is 2. The van der Waals surface area contributed by atoms with Gasteiger partial charge in [-0.05, 0) is 12.1 Å². The van der Waals surface area contributed by atoms with E-state index in [2.05, 4.69) is 6.08 Å². The number of rotatable bonds is 1. The summed E-state index contributed by atoms with van der Waals surface area (Å²) in [5, 5.41) is 0. The van der Waals surface area contributed by atoms with Crippen molar-refractivity contribution in [2.24, 2.45) is 0 Å². The molecule has 0 spiro atoms. The summed E-state index contributed by atoms with van der Waals surface area (Å²) < 4.78 is 0. The zero-order valence-corrected chi connectivity index (χ0v) is 7.81. The summed E-state index contributed by atoms with van der Waals surface area (Å²) in [5.74, 6) is 1.99. The van der Waals surface area contributed by atoms with Crippen molar-refractivity contribution in [3.63, 3.8) is 0 Å². The second-order valence-corrected chi connectivity index (χ2v) is 3.17. The van der Waals surface area contributed by atoms with Crippen LogP contribution in [0.3, 0.4) is 0 Å². The van der Waals surface area contributed by atoms with Crippen LogP contribution in [0.5, 0.6) is 0 Å². The Hall–Kier alpha value is -1.79. The Labute approximate surface area is 83.2 Å². The van der Waals surface area contributed by atoms with Gasteiger partial charge >= 0.3 is 0 Å². The standard InChI is InChI=1S/C12H11NO/c14-10-12-8-4-5-9-13(12)11-6-2-1-3-7-11/h1-7H,8-9H2. The van der Waals surface area contributed by atoms with Crippen molar-refractivity contribution in [2.45, 2.75) is 6.42 Å². The maximum atomic E-state index is 10.7. The molecule has 0 unspecified atom stereocenters. The van der Waals surface area contributed by atoms with Crippen LogP contribution in [0.1, 0.15) is 6.42 Å². The van der Waals surface area contributed by atoms with Crippen molar-refractivity contribution in [3.05, 3.63) is 48.2 Å². The molecule has 0 bridgehead atoms. The van der Waals surface area contributed by atoms with Gasteiger partial charge < -0.3 is 4.90 Å². The van der Waals surface area contributed by atoms with E-state index in [9.17, 15) is 4.79 Å². The highest BCUT2D eigenvalue weighted by molar-refractivity contribution is 5.66. The van der Waals surface area contributed by atoms with Crippen molar-refractivity contribution in [1.82, 2.24) is 0 Å². The molecule has 2 nitrogen and oxygen atoms in total. The first kappa shape index (κ1) is 8.79. The van der Waals surface area contributed by atoms with Crippen LogP contribution in [-0.2, 0) is 4.79 Å². The number of hydrogen-bond donors (Lipinski definition) is 0. The number of anilines is 1. The van der Waals surface area contributed by atoms with Gasteiger partial charge in [-0.1, -0.05) is 30.4 Å². The van der Waals surface area contributed by atoms with Crippen LogP contribution in [0.25, 0.3) is 0 Å². The highest BCUT2D eigenvalue weighted by Gasteiger charge is 2.13. The molecular formula is C12H11NO. The van der Waals surface area contributed by atoms with Crippen LogP contribution in [0, 0.1) is 0 Å². The van der Waals surface area contributed by atoms with E-state index in [4.69, 9.17) is 0 Å². The molecule has 14 heavy (non-hydrogen) atoms. The molecule has 1 heterocycles. The predicted octanol–water partition coefficient (Wildman–Crippen LogP) is 2.17. The van der Waals surface area contributed by atoms with Gasteiger partial charge in [-0.25, -0.2) is 4.79 Å². The zero-order valence-electron chi connectivity index (χ0n) is 7.81. The Morgan fingerprint density at radius 3 is 2.64 bits per heavy atom. The Kier molecular flexibility index (Phi) is 2.48. The lowest BCUT2D eigenvalue weighted by Gasteiger charge is -2.25. The van der Waals surface area contributed by atoms with Gasteiger partial charge in [-0.3, -0.25) is 0 Å². The van der Waals surface area contributed by atoms with E-state index < -0.39 is 0 Å². The molecule has 0 aromatic heterocycles. The molecule has 1 aliphatic heterocycles. The van der Waals surface area contributed by atoms with Gasteiger partial charge in [0.05, 0.1) is 0 Å². The van der Waals surface area contributed by atoms with Gasteiger partial charge in [0.15, 0.2) is 0 Å². The van der Waals surface area contributed by atoms with Gasteiger partial charge in [0.1, 0.15) is 11.6 Å². The summed E-state index contributed by atoms with van der Waals surface area (Å²) >= 11 is 0. The molecule has 0 fully saturated rings.